The van der Waals surface area contributed by atoms with Crippen molar-refractivity contribution in [2.24, 2.45) is 5.10 Å². The number of nitrogens with zero attached hydrogens (tertiary/aromatic N) is 1. The molecule has 0 unspecified atom stereocenters. The summed E-state index contributed by atoms with van der Waals surface area (Å²) in [6.07, 6.45) is 3.69. The number of phenols is 1. The summed E-state index contributed by atoms with van der Waals surface area (Å²) >= 11 is 0. The number of methoxy groups -OCH3 is 1. The molecule has 0 aliphatic heterocycles. The van der Waals surface area contributed by atoms with Crippen molar-refractivity contribution in [3.05, 3.63) is 71.3 Å². The number of amides is 1. The summed E-state index contributed by atoms with van der Waals surface area (Å²) < 4.78 is 5.15. The molecule has 0 saturated carbocycles. The first-order chi connectivity index (χ1) is 11.5. The first-order valence-corrected chi connectivity index (χ1v) is 7.46. The van der Waals surface area contributed by atoms with Crippen LogP contribution in [0.3, 0.4) is 0 Å². The molecule has 2 rings (SSSR count). The number of benzene rings is 2. The molecule has 2 aromatic rings. The largest absolute Gasteiger partial charge is 0.504 e. The molecular formula is C19H20N2O3. The number of rotatable bonds is 6. The number of carbonyl (C=O) groups excluding carboxylic acids is 1. The number of hydrazone groups is 1. The van der Waals surface area contributed by atoms with E-state index < -0.39 is 0 Å². The van der Waals surface area contributed by atoms with Gasteiger partial charge in [-0.05, 0) is 43.2 Å². The SMILES string of the molecule is C=CCc1cc(/C=N/NC(=O)c2cccc(C)c2)cc(OC)c1O. The van der Waals surface area contributed by atoms with Crippen molar-refractivity contribution in [2.75, 3.05) is 7.11 Å². The first-order valence-electron chi connectivity index (χ1n) is 7.46. The maximum atomic E-state index is 12.0. The Bertz CT molecular complexity index is 782. The van der Waals surface area contributed by atoms with E-state index in [1.165, 1.54) is 13.3 Å². The van der Waals surface area contributed by atoms with Gasteiger partial charge in [0, 0.05) is 11.1 Å². The zero-order chi connectivity index (χ0) is 17.5. The van der Waals surface area contributed by atoms with E-state index >= 15 is 0 Å². The van der Waals surface area contributed by atoms with E-state index in [1.807, 2.05) is 19.1 Å². The number of carbonyl (C=O) groups is 1. The summed E-state index contributed by atoms with van der Waals surface area (Å²) in [6.45, 7) is 5.59. The van der Waals surface area contributed by atoms with Gasteiger partial charge in [-0.25, -0.2) is 5.43 Å². The number of nitrogens with one attached hydrogen (secondary N) is 1. The van der Waals surface area contributed by atoms with Crippen LogP contribution in [0.5, 0.6) is 11.5 Å². The molecule has 0 aliphatic rings. The van der Waals surface area contributed by atoms with Crippen molar-refractivity contribution in [1.82, 2.24) is 5.43 Å². The van der Waals surface area contributed by atoms with Crippen molar-refractivity contribution < 1.29 is 14.6 Å². The predicted molar refractivity (Wildman–Crippen MR) is 94.8 cm³/mol. The standard InChI is InChI=1S/C19H20N2O3/c1-4-6-15-10-14(11-17(24-3)18(15)22)12-20-21-19(23)16-8-5-7-13(2)9-16/h4-5,7-12,22H,1,6H2,2-3H3,(H,21,23)/b20-12+. The highest BCUT2D eigenvalue weighted by molar-refractivity contribution is 5.95. The molecule has 2 aromatic carbocycles. The van der Waals surface area contributed by atoms with Crippen LogP contribution in [0, 0.1) is 6.92 Å². The minimum absolute atomic E-state index is 0.0818. The Hall–Kier alpha value is -3.08. The van der Waals surface area contributed by atoms with Gasteiger partial charge < -0.3 is 9.84 Å². The molecule has 0 aromatic heterocycles. The second-order valence-electron chi connectivity index (χ2n) is 5.29. The summed E-state index contributed by atoms with van der Waals surface area (Å²) in [7, 11) is 1.48. The summed E-state index contributed by atoms with van der Waals surface area (Å²) in [5.41, 5.74) is 5.41. The molecule has 0 bridgehead atoms. The minimum atomic E-state index is -0.285. The van der Waals surface area contributed by atoms with Crippen LogP contribution in [-0.4, -0.2) is 24.3 Å². The Labute approximate surface area is 141 Å². The Balaban J connectivity index is 2.15. The highest BCUT2D eigenvalue weighted by atomic mass is 16.5. The van der Waals surface area contributed by atoms with Crippen LogP contribution in [-0.2, 0) is 6.42 Å². The van der Waals surface area contributed by atoms with Crippen molar-refractivity contribution in [3.63, 3.8) is 0 Å². The lowest BCUT2D eigenvalue weighted by atomic mass is 10.1. The van der Waals surface area contributed by atoms with E-state index in [9.17, 15) is 9.90 Å². The van der Waals surface area contributed by atoms with Crippen LogP contribution in [0.1, 0.15) is 27.0 Å². The van der Waals surface area contributed by atoms with E-state index in [-0.39, 0.29) is 11.7 Å². The smallest absolute Gasteiger partial charge is 0.271 e. The highest BCUT2D eigenvalue weighted by Gasteiger charge is 2.09. The Morgan fingerprint density at radius 1 is 1.38 bits per heavy atom. The minimum Gasteiger partial charge on any atom is -0.504 e. The average molecular weight is 324 g/mol. The topological polar surface area (TPSA) is 70.9 Å². The third-order valence-corrected chi connectivity index (χ3v) is 3.42. The summed E-state index contributed by atoms with van der Waals surface area (Å²) in [5.74, 6) is 0.145. The van der Waals surface area contributed by atoms with Gasteiger partial charge in [0.25, 0.3) is 5.91 Å². The van der Waals surface area contributed by atoms with Crippen molar-refractivity contribution >= 4 is 12.1 Å². The van der Waals surface area contributed by atoms with Gasteiger partial charge in [-0.15, -0.1) is 6.58 Å². The lowest BCUT2D eigenvalue weighted by molar-refractivity contribution is 0.0955. The van der Waals surface area contributed by atoms with E-state index in [2.05, 4.69) is 17.1 Å². The Kier molecular flexibility index (Phi) is 5.73. The molecule has 24 heavy (non-hydrogen) atoms. The lowest BCUT2D eigenvalue weighted by Crippen LogP contribution is -2.17. The Morgan fingerprint density at radius 2 is 2.17 bits per heavy atom. The van der Waals surface area contributed by atoms with Gasteiger partial charge in [0.05, 0.1) is 13.3 Å². The second-order valence-corrected chi connectivity index (χ2v) is 5.29. The fourth-order valence-electron chi connectivity index (χ4n) is 2.25. The Morgan fingerprint density at radius 3 is 2.83 bits per heavy atom. The average Bonchev–Trinajstić information content (AvgIpc) is 2.57. The molecule has 1 amide bonds. The van der Waals surface area contributed by atoms with E-state index in [4.69, 9.17) is 4.74 Å². The quantitative estimate of drug-likeness (QED) is 0.487. The number of aryl methyl sites for hydroxylation is 1. The number of aromatic hydroxyl groups is 1. The van der Waals surface area contributed by atoms with Gasteiger partial charge >= 0.3 is 0 Å². The predicted octanol–water partition coefficient (Wildman–Crippen LogP) is 3.20. The van der Waals surface area contributed by atoms with E-state index in [1.54, 1.807) is 30.3 Å². The van der Waals surface area contributed by atoms with Crippen LogP contribution < -0.4 is 10.2 Å². The zero-order valence-corrected chi connectivity index (χ0v) is 13.7. The summed E-state index contributed by atoms with van der Waals surface area (Å²) in [4.78, 5) is 12.0. The van der Waals surface area contributed by atoms with Gasteiger partial charge in [0.1, 0.15) is 0 Å². The number of phenolic OH excluding ortho intramolecular Hbond substituents is 1. The fourth-order valence-corrected chi connectivity index (χ4v) is 2.25. The summed E-state index contributed by atoms with van der Waals surface area (Å²) in [6, 6.07) is 10.7. The molecule has 124 valence electrons. The number of hydrogen-bond donors (Lipinski definition) is 2. The molecule has 2 N–H and O–H groups in total. The maximum absolute atomic E-state index is 12.0. The van der Waals surface area contributed by atoms with Gasteiger partial charge in [-0.2, -0.15) is 5.10 Å². The zero-order valence-electron chi connectivity index (χ0n) is 13.7. The monoisotopic (exact) mass is 324 g/mol. The fraction of sp³-hybridized carbons (Fsp3) is 0.158. The third kappa shape index (κ3) is 4.23. The molecule has 5 nitrogen and oxygen atoms in total. The van der Waals surface area contributed by atoms with Crippen LogP contribution >= 0.6 is 0 Å². The van der Waals surface area contributed by atoms with Crippen LogP contribution in [0.4, 0.5) is 0 Å². The van der Waals surface area contributed by atoms with E-state index in [0.717, 1.165) is 5.56 Å². The van der Waals surface area contributed by atoms with Crippen molar-refractivity contribution in [3.8, 4) is 11.5 Å². The number of ether oxygens (including phenoxy) is 1. The molecule has 0 heterocycles. The molecule has 0 atom stereocenters. The number of hydrogen-bond acceptors (Lipinski definition) is 4. The molecule has 0 aliphatic carbocycles. The number of allylic oxidation sites excluding steroid dienone is 1. The van der Waals surface area contributed by atoms with Gasteiger partial charge in [0.15, 0.2) is 11.5 Å². The normalized spacial score (nSPS) is 10.6. The van der Waals surface area contributed by atoms with Crippen LogP contribution in [0.25, 0.3) is 0 Å². The van der Waals surface area contributed by atoms with E-state index in [0.29, 0.717) is 28.9 Å². The van der Waals surface area contributed by atoms with Gasteiger partial charge in [-0.1, -0.05) is 23.8 Å². The summed E-state index contributed by atoms with van der Waals surface area (Å²) in [5, 5.41) is 14.0. The lowest BCUT2D eigenvalue weighted by Gasteiger charge is -2.09. The van der Waals surface area contributed by atoms with Gasteiger partial charge in [-0.3, -0.25) is 4.79 Å². The second kappa shape index (κ2) is 7.97. The molecular weight excluding hydrogens is 304 g/mol. The molecule has 0 spiro atoms. The molecule has 0 fully saturated rings. The highest BCUT2D eigenvalue weighted by Crippen LogP contribution is 2.31. The molecule has 5 heteroatoms. The van der Waals surface area contributed by atoms with Gasteiger partial charge in [0.2, 0.25) is 0 Å². The molecule has 0 radical (unpaired) electrons. The van der Waals surface area contributed by atoms with Crippen molar-refractivity contribution in [2.45, 2.75) is 13.3 Å². The molecule has 0 saturated heterocycles. The van der Waals surface area contributed by atoms with Crippen molar-refractivity contribution in [1.29, 1.82) is 0 Å². The van der Waals surface area contributed by atoms with Crippen LogP contribution in [0.15, 0.2) is 54.2 Å². The first kappa shape index (κ1) is 17.3. The third-order valence-electron chi connectivity index (χ3n) is 3.42. The van der Waals surface area contributed by atoms with Crippen LogP contribution in [0.2, 0.25) is 0 Å². The maximum Gasteiger partial charge on any atom is 0.271 e.